The van der Waals surface area contributed by atoms with Crippen molar-refractivity contribution in [2.45, 2.75) is 33.1 Å². The topological polar surface area (TPSA) is 4.93 Å². The Morgan fingerprint density at radius 3 is 1.89 bits per heavy atom. The minimum Gasteiger partial charge on any atom is -0.309 e. The molecule has 1 heteroatoms. The van der Waals surface area contributed by atoms with Crippen molar-refractivity contribution >= 4 is 21.8 Å². The predicted octanol–water partition coefficient (Wildman–Crippen LogP) is 9.72. The van der Waals surface area contributed by atoms with Crippen molar-refractivity contribution in [3.63, 3.8) is 0 Å². The van der Waals surface area contributed by atoms with Gasteiger partial charge in [0, 0.05) is 16.5 Å². The van der Waals surface area contributed by atoms with Crippen molar-refractivity contribution in [3.8, 4) is 27.9 Å². The van der Waals surface area contributed by atoms with Gasteiger partial charge in [0.05, 0.1) is 16.5 Å². The number of aromatic nitrogens is 1. The first-order valence-corrected chi connectivity index (χ1v) is 12.4. The van der Waals surface area contributed by atoms with Crippen LogP contribution in [-0.4, -0.2) is 4.57 Å². The SMILES string of the molecule is [2H]c1c([2H])c(-c2ccc3c(c2C(C)(C)C)c2c(-c4ccccc4)cccc2n3-c2ccccc2)c([2H])c([2H])c1C. The van der Waals surface area contributed by atoms with Crippen molar-refractivity contribution < 1.29 is 5.48 Å². The zero-order chi connectivity index (χ0) is 28.3. The molecule has 6 aromatic rings. The summed E-state index contributed by atoms with van der Waals surface area (Å²) < 4.78 is 37.2. The lowest BCUT2D eigenvalue weighted by Gasteiger charge is -2.25. The molecule has 0 amide bonds. The fourth-order valence-electron chi connectivity index (χ4n) is 5.36. The van der Waals surface area contributed by atoms with E-state index >= 15 is 0 Å². The summed E-state index contributed by atoms with van der Waals surface area (Å²) in [7, 11) is 0. The maximum atomic E-state index is 8.90. The first kappa shape index (κ1) is 18.2. The molecular formula is C35H31N. The average molecular weight is 470 g/mol. The van der Waals surface area contributed by atoms with Crippen LogP contribution in [0, 0.1) is 6.92 Å². The number of rotatable bonds is 3. The van der Waals surface area contributed by atoms with E-state index in [0.717, 1.165) is 49.7 Å². The molecule has 0 saturated heterocycles. The van der Waals surface area contributed by atoms with Gasteiger partial charge in [0.25, 0.3) is 0 Å². The summed E-state index contributed by atoms with van der Waals surface area (Å²) in [6.07, 6.45) is 0. The van der Waals surface area contributed by atoms with Crippen LogP contribution in [0.4, 0.5) is 0 Å². The maximum absolute atomic E-state index is 8.90. The highest BCUT2D eigenvalue weighted by molar-refractivity contribution is 6.18. The van der Waals surface area contributed by atoms with Crippen molar-refractivity contribution in [3.05, 3.63) is 126 Å². The second-order valence-electron chi connectivity index (χ2n) is 10.4. The van der Waals surface area contributed by atoms with E-state index in [4.69, 9.17) is 5.48 Å². The molecule has 0 radical (unpaired) electrons. The van der Waals surface area contributed by atoms with Gasteiger partial charge in [-0.15, -0.1) is 0 Å². The lowest BCUT2D eigenvalue weighted by atomic mass is 9.78. The van der Waals surface area contributed by atoms with Gasteiger partial charge in [-0.2, -0.15) is 0 Å². The normalized spacial score (nSPS) is 13.4. The lowest BCUT2D eigenvalue weighted by molar-refractivity contribution is 0.598. The van der Waals surface area contributed by atoms with Crippen LogP contribution in [0.25, 0.3) is 49.7 Å². The Kier molecular flexibility index (Phi) is 4.32. The van der Waals surface area contributed by atoms with E-state index in [1.165, 1.54) is 0 Å². The number of para-hydroxylation sites is 1. The Bertz CT molecular complexity index is 1880. The van der Waals surface area contributed by atoms with E-state index in [1.807, 2.05) is 30.3 Å². The standard InChI is InChI=1S/C35H31N/c1-24-18-20-26(21-19-24)29-22-23-31-33(34(29)35(2,3)4)32-28(25-12-7-5-8-13-25)16-11-17-30(32)36(31)27-14-9-6-10-15-27/h5-23H,1-4H3/i18D,19D,20D,21D. The summed E-state index contributed by atoms with van der Waals surface area (Å²) >= 11 is 0. The summed E-state index contributed by atoms with van der Waals surface area (Å²) in [4.78, 5) is 0. The van der Waals surface area contributed by atoms with Crippen molar-refractivity contribution in [1.29, 1.82) is 0 Å². The molecule has 0 saturated carbocycles. The van der Waals surface area contributed by atoms with Gasteiger partial charge in [-0.1, -0.05) is 117 Å². The quantitative estimate of drug-likeness (QED) is 0.243. The molecule has 0 bridgehead atoms. The molecule has 36 heavy (non-hydrogen) atoms. The molecule has 1 nitrogen and oxygen atoms in total. The largest absolute Gasteiger partial charge is 0.309 e. The summed E-state index contributed by atoms with van der Waals surface area (Å²) in [5.74, 6) is 0. The summed E-state index contributed by atoms with van der Waals surface area (Å²) in [5, 5.41) is 2.18. The van der Waals surface area contributed by atoms with Crippen molar-refractivity contribution in [1.82, 2.24) is 4.57 Å². The second kappa shape index (κ2) is 8.53. The van der Waals surface area contributed by atoms with E-state index in [0.29, 0.717) is 11.1 Å². The van der Waals surface area contributed by atoms with E-state index in [9.17, 15) is 0 Å². The summed E-state index contributed by atoms with van der Waals surface area (Å²) in [6, 6.07) is 31.2. The third kappa shape index (κ3) is 3.63. The third-order valence-corrected chi connectivity index (χ3v) is 6.83. The van der Waals surface area contributed by atoms with Gasteiger partial charge in [0.2, 0.25) is 0 Å². The smallest absolute Gasteiger partial charge is 0.0629 e. The van der Waals surface area contributed by atoms with Gasteiger partial charge in [-0.05, 0) is 64.4 Å². The molecule has 0 atom stereocenters. The highest BCUT2D eigenvalue weighted by Gasteiger charge is 2.27. The molecule has 5 aromatic carbocycles. The van der Waals surface area contributed by atoms with Crippen LogP contribution in [-0.2, 0) is 5.41 Å². The zero-order valence-electron chi connectivity index (χ0n) is 25.1. The van der Waals surface area contributed by atoms with Crippen LogP contribution >= 0.6 is 0 Å². The number of hydrogen-bond donors (Lipinski definition) is 0. The molecule has 176 valence electrons. The summed E-state index contributed by atoms with van der Waals surface area (Å²) in [6.45, 7) is 8.13. The lowest BCUT2D eigenvalue weighted by Crippen LogP contribution is -2.13. The minimum absolute atomic E-state index is 0.00145. The molecule has 1 heterocycles. The van der Waals surface area contributed by atoms with Gasteiger partial charge in [-0.25, -0.2) is 0 Å². The Morgan fingerprint density at radius 2 is 1.22 bits per heavy atom. The maximum Gasteiger partial charge on any atom is 0.0629 e. The van der Waals surface area contributed by atoms with E-state index in [-0.39, 0.29) is 29.6 Å². The first-order chi connectivity index (χ1) is 19.1. The fourth-order valence-corrected chi connectivity index (χ4v) is 5.36. The van der Waals surface area contributed by atoms with Gasteiger partial charge in [0.1, 0.15) is 0 Å². The van der Waals surface area contributed by atoms with Crippen LogP contribution in [0.3, 0.4) is 0 Å². The molecule has 0 aliphatic carbocycles. The van der Waals surface area contributed by atoms with Crippen LogP contribution in [0.5, 0.6) is 0 Å². The predicted molar refractivity (Wildman–Crippen MR) is 155 cm³/mol. The average Bonchev–Trinajstić information content (AvgIpc) is 3.29. The Balaban J connectivity index is 1.88. The van der Waals surface area contributed by atoms with Crippen LogP contribution in [0.15, 0.2) is 115 Å². The number of benzene rings is 5. The molecular weight excluding hydrogens is 434 g/mol. The van der Waals surface area contributed by atoms with E-state index < -0.39 is 0 Å². The number of hydrogen-bond acceptors (Lipinski definition) is 0. The Hall–Kier alpha value is -4.10. The molecule has 0 unspecified atom stereocenters. The first-order valence-electron chi connectivity index (χ1n) is 14.4. The van der Waals surface area contributed by atoms with Gasteiger partial charge < -0.3 is 4.57 Å². The molecule has 0 spiro atoms. The Morgan fingerprint density at radius 1 is 0.583 bits per heavy atom. The fraction of sp³-hybridized carbons (Fsp3) is 0.143. The third-order valence-electron chi connectivity index (χ3n) is 6.83. The molecule has 0 fully saturated rings. The van der Waals surface area contributed by atoms with Gasteiger partial charge in [-0.3, -0.25) is 0 Å². The van der Waals surface area contributed by atoms with E-state index in [1.54, 1.807) is 6.92 Å². The van der Waals surface area contributed by atoms with Crippen LogP contribution < -0.4 is 0 Å². The van der Waals surface area contributed by atoms with Crippen molar-refractivity contribution in [2.75, 3.05) is 0 Å². The van der Waals surface area contributed by atoms with E-state index in [2.05, 4.69) is 86.0 Å². The molecule has 0 aliphatic heterocycles. The monoisotopic (exact) mass is 469 g/mol. The van der Waals surface area contributed by atoms with Crippen molar-refractivity contribution in [2.24, 2.45) is 0 Å². The zero-order valence-corrected chi connectivity index (χ0v) is 21.1. The van der Waals surface area contributed by atoms with Crippen LogP contribution in [0.2, 0.25) is 0 Å². The second-order valence-corrected chi connectivity index (χ2v) is 10.4. The highest BCUT2D eigenvalue weighted by atomic mass is 15.0. The van der Waals surface area contributed by atoms with Crippen LogP contribution in [0.1, 0.15) is 37.4 Å². The molecule has 6 rings (SSSR count). The number of fused-ring (bicyclic) bond motifs is 3. The van der Waals surface area contributed by atoms with Gasteiger partial charge >= 0.3 is 0 Å². The van der Waals surface area contributed by atoms with Gasteiger partial charge in [0.15, 0.2) is 0 Å². The highest BCUT2D eigenvalue weighted by Crippen LogP contribution is 2.46. The number of nitrogens with zero attached hydrogens (tertiary/aromatic N) is 1. The minimum atomic E-state index is -0.372. The summed E-state index contributed by atoms with van der Waals surface area (Å²) in [5.41, 5.74) is 7.50. The molecule has 1 aromatic heterocycles. The molecule has 0 aliphatic rings. The molecule has 0 N–H and O–H groups in total. The Labute approximate surface area is 219 Å².